The molecule has 2 aromatic rings. The van der Waals surface area contributed by atoms with Crippen molar-refractivity contribution in [3.63, 3.8) is 0 Å². The number of carbonyl (C=O) groups excluding carboxylic acids is 2. The Morgan fingerprint density at radius 2 is 2.03 bits per heavy atom. The van der Waals surface area contributed by atoms with E-state index in [-0.39, 0.29) is 30.4 Å². The summed E-state index contributed by atoms with van der Waals surface area (Å²) in [7, 11) is 0. The van der Waals surface area contributed by atoms with Crippen molar-refractivity contribution in [3.8, 4) is 5.75 Å². The maximum absolute atomic E-state index is 13.2. The third kappa shape index (κ3) is 5.11. The average molecular weight is 435 g/mol. The van der Waals surface area contributed by atoms with Gasteiger partial charge < -0.3 is 14.5 Å². The number of hydrogen-bond acceptors (Lipinski definition) is 4. The number of nitrogens with zero attached hydrogens (tertiary/aromatic N) is 2. The van der Waals surface area contributed by atoms with Gasteiger partial charge in [-0.1, -0.05) is 18.5 Å². The van der Waals surface area contributed by atoms with E-state index in [1.54, 1.807) is 28.4 Å². The van der Waals surface area contributed by atoms with Crippen molar-refractivity contribution in [2.75, 3.05) is 19.7 Å². The van der Waals surface area contributed by atoms with Gasteiger partial charge in [-0.25, -0.2) is 0 Å². The van der Waals surface area contributed by atoms with E-state index in [4.69, 9.17) is 16.3 Å². The maximum atomic E-state index is 13.2. The van der Waals surface area contributed by atoms with E-state index in [1.807, 2.05) is 30.9 Å². The standard InChI is InChI=1S/C22H27ClN2O3S/c1-4-15(2)25(16(3)26)13-22(27)24-11-9-21-19(10-12-29-21)20(24)14-28-18-7-5-17(23)6-8-18/h5-8,10,12,15,20H,4,9,11,13-14H2,1-3H3/t15-,20+/m0/s1. The fraction of sp³-hybridized carbons (Fsp3) is 0.455. The molecular weight excluding hydrogens is 408 g/mol. The quantitative estimate of drug-likeness (QED) is 0.642. The van der Waals surface area contributed by atoms with Crippen LogP contribution in [0.4, 0.5) is 0 Å². The van der Waals surface area contributed by atoms with Crippen LogP contribution in [0.25, 0.3) is 0 Å². The van der Waals surface area contributed by atoms with Crippen LogP contribution in [0.15, 0.2) is 35.7 Å². The third-order valence-electron chi connectivity index (χ3n) is 5.47. The Bertz CT molecular complexity index is 852. The van der Waals surface area contributed by atoms with Gasteiger partial charge in [-0.3, -0.25) is 9.59 Å². The number of halogens is 1. The Morgan fingerprint density at radius 3 is 2.69 bits per heavy atom. The van der Waals surface area contributed by atoms with Gasteiger partial charge in [0.1, 0.15) is 12.4 Å². The molecule has 29 heavy (non-hydrogen) atoms. The van der Waals surface area contributed by atoms with Crippen LogP contribution in [-0.4, -0.2) is 47.4 Å². The lowest BCUT2D eigenvalue weighted by Gasteiger charge is -2.37. The van der Waals surface area contributed by atoms with E-state index in [9.17, 15) is 9.59 Å². The van der Waals surface area contributed by atoms with Crippen LogP contribution in [0.1, 0.15) is 43.7 Å². The van der Waals surface area contributed by atoms with Gasteiger partial charge in [-0.15, -0.1) is 11.3 Å². The molecule has 1 aromatic carbocycles. The molecule has 3 rings (SSSR count). The number of rotatable bonds is 7. The summed E-state index contributed by atoms with van der Waals surface area (Å²) in [5.41, 5.74) is 1.14. The van der Waals surface area contributed by atoms with E-state index < -0.39 is 0 Å². The Kier molecular flexibility index (Phi) is 7.19. The molecule has 0 aliphatic carbocycles. The molecule has 156 valence electrons. The molecule has 7 heteroatoms. The van der Waals surface area contributed by atoms with E-state index >= 15 is 0 Å². The van der Waals surface area contributed by atoms with Crippen LogP contribution >= 0.6 is 22.9 Å². The maximum Gasteiger partial charge on any atom is 0.242 e. The number of amides is 2. The molecule has 0 saturated carbocycles. The summed E-state index contributed by atoms with van der Waals surface area (Å²) in [4.78, 5) is 30.1. The van der Waals surface area contributed by atoms with Gasteiger partial charge in [0.25, 0.3) is 0 Å². The zero-order valence-electron chi connectivity index (χ0n) is 17.1. The van der Waals surface area contributed by atoms with Gasteiger partial charge in [0.15, 0.2) is 0 Å². The smallest absolute Gasteiger partial charge is 0.242 e. The number of ether oxygens (including phenoxy) is 1. The molecule has 5 nitrogen and oxygen atoms in total. The third-order valence-corrected chi connectivity index (χ3v) is 6.72. The van der Waals surface area contributed by atoms with Crippen LogP contribution in [0.5, 0.6) is 5.75 Å². The van der Waals surface area contributed by atoms with Crippen molar-refractivity contribution in [3.05, 3.63) is 51.2 Å². The van der Waals surface area contributed by atoms with Crippen molar-refractivity contribution >= 4 is 34.8 Å². The van der Waals surface area contributed by atoms with Crippen LogP contribution in [0, 0.1) is 0 Å². The van der Waals surface area contributed by atoms with Gasteiger partial charge in [-0.05, 0) is 61.0 Å². The second-order valence-electron chi connectivity index (χ2n) is 7.32. The predicted octanol–water partition coefficient (Wildman–Crippen LogP) is 4.55. The molecule has 1 aliphatic heterocycles. The molecule has 0 saturated heterocycles. The summed E-state index contributed by atoms with van der Waals surface area (Å²) in [6.45, 7) is 6.61. The fourth-order valence-corrected chi connectivity index (χ4v) is 4.67. The fourth-order valence-electron chi connectivity index (χ4n) is 3.62. The van der Waals surface area contributed by atoms with E-state index in [1.165, 1.54) is 11.8 Å². The van der Waals surface area contributed by atoms with E-state index in [2.05, 4.69) is 11.4 Å². The highest BCUT2D eigenvalue weighted by atomic mass is 35.5. The number of hydrogen-bond donors (Lipinski definition) is 0. The zero-order valence-corrected chi connectivity index (χ0v) is 18.6. The molecule has 1 aliphatic rings. The molecule has 2 heterocycles. The molecule has 0 spiro atoms. The van der Waals surface area contributed by atoms with Crippen LogP contribution in [0.2, 0.25) is 5.02 Å². The topological polar surface area (TPSA) is 49.9 Å². The number of thiophene rings is 1. The Balaban J connectivity index is 1.77. The lowest BCUT2D eigenvalue weighted by atomic mass is 10.00. The summed E-state index contributed by atoms with van der Waals surface area (Å²) < 4.78 is 6.00. The van der Waals surface area contributed by atoms with Gasteiger partial charge in [0.05, 0.1) is 12.6 Å². The number of benzene rings is 1. The molecular formula is C22H27ClN2O3S. The van der Waals surface area contributed by atoms with Crippen molar-refractivity contribution in [2.24, 2.45) is 0 Å². The lowest BCUT2D eigenvalue weighted by Crippen LogP contribution is -2.49. The first-order valence-electron chi connectivity index (χ1n) is 9.92. The highest BCUT2D eigenvalue weighted by Gasteiger charge is 2.33. The van der Waals surface area contributed by atoms with Crippen molar-refractivity contribution in [1.82, 2.24) is 9.80 Å². The molecule has 2 amide bonds. The minimum atomic E-state index is -0.168. The predicted molar refractivity (Wildman–Crippen MR) is 117 cm³/mol. The number of carbonyl (C=O) groups is 2. The largest absolute Gasteiger partial charge is 0.491 e. The molecule has 0 bridgehead atoms. The normalized spacial score (nSPS) is 16.8. The Morgan fingerprint density at radius 1 is 1.31 bits per heavy atom. The summed E-state index contributed by atoms with van der Waals surface area (Å²) in [5.74, 6) is 0.603. The van der Waals surface area contributed by atoms with Gasteiger partial charge in [-0.2, -0.15) is 0 Å². The van der Waals surface area contributed by atoms with Crippen LogP contribution < -0.4 is 4.74 Å². The highest BCUT2D eigenvalue weighted by molar-refractivity contribution is 7.10. The first-order valence-corrected chi connectivity index (χ1v) is 11.2. The van der Waals surface area contributed by atoms with Crippen LogP contribution in [-0.2, 0) is 16.0 Å². The number of fused-ring (bicyclic) bond motifs is 1. The summed E-state index contributed by atoms with van der Waals surface area (Å²) in [6, 6.07) is 9.16. The monoisotopic (exact) mass is 434 g/mol. The molecule has 2 atom stereocenters. The SMILES string of the molecule is CC[C@H](C)N(CC(=O)N1CCc2sccc2[C@H]1COc1ccc(Cl)cc1)C(C)=O. The second kappa shape index (κ2) is 9.63. The summed E-state index contributed by atoms with van der Waals surface area (Å²) in [5, 5.41) is 2.72. The van der Waals surface area contributed by atoms with Crippen molar-refractivity contribution in [1.29, 1.82) is 0 Å². The van der Waals surface area contributed by atoms with Gasteiger partial charge >= 0.3 is 0 Å². The zero-order chi connectivity index (χ0) is 21.0. The van der Waals surface area contributed by atoms with Gasteiger partial charge in [0.2, 0.25) is 11.8 Å². The lowest BCUT2D eigenvalue weighted by molar-refractivity contribution is -0.143. The van der Waals surface area contributed by atoms with Crippen molar-refractivity contribution < 1.29 is 14.3 Å². The summed E-state index contributed by atoms with van der Waals surface area (Å²) in [6.07, 6.45) is 1.64. The Hall–Kier alpha value is -2.05. The van der Waals surface area contributed by atoms with E-state index in [0.717, 1.165) is 18.4 Å². The minimum Gasteiger partial charge on any atom is -0.491 e. The molecule has 0 radical (unpaired) electrons. The molecule has 0 fully saturated rings. The molecule has 0 N–H and O–H groups in total. The molecule has 1 aromatic heterocycles. The first-order chi connectivity index (χ1) is 13.9. The van der Waals surface area contributed by atoms with E-state index in [0.29, 0.717) is 23.9 Å². The average Bonchev–Trinajstić information content (AvgIpc) is 3.19. The summed E-state index contributed by atoms with van der Waals surface area (Å²) >= 11 is 7.67. The van der Waals surface area contributed by atoms with Crippen LogP contribution in [0.3, 0.4) is 0 Å². The highest BCUT2D eigenvalue weighted by Crippen LogP contribution is 2.34. The van der Waals surface area contributed by atoms with Crippen molar-refractivity contribution in [2.45, 2.75) is 45.7 Å². The minimum absolute atomic E-state index is 0.0294. The second-order valence-corrected chi connectivity index (χ2v) is 8.76. The Labute approximate surface area is 181 Å². The first kappa shape index (κ1) is 21.7. The molecule has 0 unspecified atom stereocenters. The van der Waals surface area contributed by atoms with Gasteiger partial charge in [0, 0.05) is 29.4 Å².